The number of rotatable bonds is 5. The lowest BCUT2D eigenvalue weighted by Crippen LogP contribution is -2.44. The highest BCUT2D eigenvalue weighted by molar-refractivity contribution is 7.88. The summed E-state index contributed by atoms with van der Waals surface area (Å²) in [6, 6.07) is 0.834. The highest BCUT2D eigenvalue weighted by Gasteiger charge is 2.58. The van der Waals surface area contributed by atoms with Gasteiger partial charge in [-0.15, -0.1) is 12.4 Å². The standard InChI is InChI=1S/C18H29N5O4S.ClH/c1-11(2)15-16-13(23(18(15)25)28(6,26)27)7-8-22(16)17(24)14-9-12(10-20(3)4)19-21(14)5;/h9,11,13,15-16H,7-8,10H2,1-6H3;1H/t13-,15+,16-;/m0./s1. The molecule has 3 atom stereocenters. The first-order valence-corrected chi connectivity index (χ1v) is 11.3. The molecule has 0 saturated carbocycles. The lowest BCUT2D eigenvalue weighted by atomic mass is 9.88. The van der Waals surface area contributed by atoms with Gasteiger partial charge in [-0.2, -0.15) is 5.10 Å². The van der Waals surface area contributed by atoms with Crippen molar-refractivity contribution in [2.24, 2.45) is 18.9 Å². The van der Waals surface area contributed by atoms with Crippen LogP contribution in [0.3, 0.4) is 0 Å². The van der Waals surface area contributed by atoms with Crippen molar-refractivity contribution in [3.05, 3.63) is 17.5 Å². The Bertz CT molecular complexity index is 898. The molecule has 0 aromatic carbocycles. The highest BCUT2D eigenvalue weighted by Crippen LogP contribution is 2.41. The molecular weight excluding hydrogens is 418 g/mol. The second-order valence-electron chi connectivity index (χ2n) is 8.39. The molecule has 29 heavy (non-hydrogen) atoms. The van der Waals surface area contributed by atoms with Gasteiger partial charge < -0.3 is 9.80 Å². The monoisotopic (exact) mass is 447 g/mol. The smallest absolute Gasteiger partial charge is 0.272 e. The number of fused-ring (bicyclic) bond motifs is 1. The van der Waals surface area contributed by atoms with Crippen LogP contribution in [0.5, 0.6) is 0 Å². The molecule has 2 aliphatic rings. The van der Waals surface area contributed by atoms with Crippen LogP contribution in [0.1, 0.15) is 36.5 Å². The Kier molecular flexibility index (Phi) is 6.71. The summed E-state index contributed by atoms with van der Waals surface area (Å²) in [7, 11) is 1.90. The van der Waals surface area contributed by atoms with E-state index in [0.29, 0.717) is 25.2 Å². The number of carbonyl (C=O) groups excluding carboxylic acids is 2. The van der Waals surface area contributed by atoms with Gasteiger partial charge in [-0.1, -0.05) is 13.8 Å². The first-order valence-electron chi connectivity index (χ1n) is 9.45. The second-order valence-corrected chi connectivity index (χ2v) is 10.3. The van der Waals surface area contributed by atoms with Gasteiger partial charge in [0.1, 0.15) is 5.69 Å². The molecule has 0 unspecified atom stereocenters. The Morgan fingerprint density at radius 1 is 1.34 bits per heavy atom. The first-order chi connectivity index (χ1) is 12.9. The van der Waals surface area contributed by atoms with Crippen LogP contribution < -0.4 is 0 Å². The SMILES string of the molecule is CC(C)[C@H]1C(=O)N(S(C)(=O)=O)[C@H]2CCN(C(=O)c3cc(CN(C)C)nn3C)[C@H]12.Cl. The number of hydrogen-bond donors (Lipinski definition) is 0. The van der Waals surface area contributed by atoms with Crippen LogP contribution in [0.2, 0.25) is 0 Å². The van der Waals surface area contributed by atoms with Gasteiger partial charge in [-0.05, 0) is 32.5 Å². The van der Waals surface area contributed by atoms with E-state index >= 15 is 0 Å². The van der Waals surface area contributed by atoms with E-state index in [1.54, 1.807) is 22.7 Å². The van der Waals surface area contributed by atoms with Crippen molar-refractivity contribution >= 4 is 34.2 Å². The van der Waals surface area contributed by atoms with E-state index in [1.165, 1.54) is 0 Å². The summed E-state index contributed by atoms with van der Waals surface area (Å²) in [5.74, 6) is -1.21. The topological polar surface area (TPSA) is 95.8 Å². The summed E-state index contributed by atoms with van der Waals surface area (Å²) in [5, 5.41) is 4.41. The Morgan fingerprint density at radius 3 is 2.48 bits per heavy atom. The lowest BCUT2D eigenvalue weighted by molar-refractivity contribution is -0.129. The van der Waals surface area contributed by atoms with Crippen LogP contribution in [-0.4, -0.2) is 83.1 Å². The normalized spacial score (nSPS) is 24.4. The fraction of sp³-hybridized carbons (Fsp3) is 0.722. The highest BCUT2D eigenvalue weighted by atomic mass is 35.5. The van der Waals surface area contributed by atoms with Gasteiger partial charge in [0.2, 0.25) is 15.9 Å². The number of hydrogen-bond acceptors (Lipinski definition) is 6. The molecule has 0 spiro atoms. The molecule has 0 bridgehead atoms. The van der Waals surface area contributed by atoms with E-state index in [4.69, 9.17) is 0 Å². The van der Waals surface area contributed by atoms with Crippen molar-refractivity contribution < 1.29 is 18.0 Å². The van der Waals surface area contributed by atoms with Crippen molar-refractivity contribution in [3.63, 3.8) is 0 Å². The van der Waals surface area contributed by atoms with Gasteiger partial charge in [0, 0.05) is 20.1 Å². The van der Waals surface area contributed by atoms with Crippen LogP contribution in [0.15, 0.2) is 6.07 Å². The molecule has 1 aromatic heterocycles. The van der Waals surface area contributed by atoms with Gasteiger partial charge in [-0.25, -0.2) is 12.7 Å². The Hall–Kier alpha value is -1.65. The number of carbonyl (C=O) groups is 2. The van der Waals surface area contributed by atoms with Crippen molar-refractivity contribution in [1.82, 2.24) is 23.9 Å². The molecule has 3 heterocycles. The molecule has 0 radical (unpaired) electrons. The van der Waals surface area contributed by atoms with Gasteiger partial charge in [0.05, 0.1) is 30.0 Å². The van der Waals surface area contributed by atoms with Crippen LogP contribution in [0, 0.1) is 11.8 Å². The number of likely N-dealkylation sites (tertiary alicyclic amines) is 1. The number of nitrogens with zero attached hydrogens (tertiary/aromatic N) is 5. The van der Waals surface area contributed by atoms with E-state index in [9.17, 15) is 18.0 Å². The maximum absolute atomic E-state index is 13.3. The maximum atomic E-state index is 13.3. The van der Waals surface area contributed by atoms with Gasteiger partial charge >= 0.3 is 0 Å². The third kappa shape index (κ3) is 4.15. The third-order valence-corrected chi connectivity index (χ3v) is 6.72. The van der Waals surface area contributed by atoms with E-state index < -0.39 is 33.9 Å². The Labute approximate surface area is 178 Å². The molecule has 2 fully saturated rings. The number of amides is 2. The fourth-order valence-corrected chi connectivity index (χ4v) is 5.72. The summed E-state index contributed by atoms with van der Waals surface area (Å²) in [6.07, 6.45) is 1.52. The average Bonchev–Trinajstić information content (AvgIpc) is 3.16. The van der Waals surface area contributed by atoms with Crippen molar-refractivity contribution in [3.8, 4) is 0 Å². The van der Waals surface area contributed by atoms with Crippen molar-refractivity contribution in [2.75, 3.05) is 26.9 Å². The molecule has 11 heteroatoms. The van der Waals surface area contributed by atoms with Crippen LogP contribution in [0.4, 0.5) is 0 Å². The van der Waals surface area contributed by atoms with E-state index in [2.05, 4.69) is 5.10 Å². The first kappa shape index (κ1) is 23.6. The van der Waals surface area contributed by atoms with Crippen molar-refractivity contribution in [1.29, 1.82) is 0 Å². The number of aromatic nitrogens is 2. The molecule has 2 saturated heterocycles. The minimum absolute atomic E-state index is 0. The quantitative estimate of drug-likeness (QED) is 0.654. The van der Waals surface area contributed by atoms with Gasteiger partial charge in [0.25, 0.3) is 5.91 Å². The van der Waals surface area contributed by atoms with E-state index in [1.807, 2.05) is 32.8 Å². The number of aryl methyl sites for hydroxylation is 1. The summed E-state index contributed by atoms with van der Waals surface area (Å²) in [5.41, 5.74) is 1.23. The minimum atomic E-state index is -3.68. The molecule has 0 aliphatic carbocycles. The van der Waals surface area contributed by atoms with Gasteiger partial charge in [0.15, 0.2) is 0 Å². The zero-order valence-corrected chi connectivity index (χ0v) is 19.3. The number of halogens is 1. The van der Waals surface area contributed by atoms with Gasteiger partial charge in [-0.3, -0.25) is 14.3 Å². The molecule has 9 nitrogen and oxygen atoms in total. The van der Waals surface area contributed by atoms with E-state index in [-0.39, 0.29) is 24.2 Å². The largest absolute Gasteiger partial charge is 0.331 e. The Morgan fingerprint density at radius 2 is 1.97 bits per heavy atom. The van der Waals surface area contributed by atoms with Crippen molar-refractivity contribution in [2.45, 2.75) is 38.9 Å². The Balaban J connectivity index is 0.00000300. The molecule has 3 rings (SSSR count). The third-order valence-electron chi connectivity index (χ3n) is 5.56. The van der Waals surface area contributed by atoms with Crippen LogP contribution >= 0.6 is 12.4 Å². The average molecular weight is 448 g/mol. The van der Waals surface area contributed by atoms with E-state index in [0.717, 1.165) is 16.3 Å². The maximum Gasteiger partial charge on any atom is 0.272 e. The summed E-state index contributed by atoms with van der Waals surface area (Å²) in [6.45, 7) is 4.82. The molecular formula is C18H30ClN5O4S. The van der Waals surface area contributed by atoms with Crippen LogP contribution in [0.25, 0.3) is 0 Å². The molecule has 2 aliphatic heterocycles. The molecule has 1 aromatic rings. The number of sulfonamides is 1. The predicted octanol–water partition coefficient (Wildman–Crippen LogP) is 0.561. The molecule has 0 N–H and O–H groups in total. The molecule has 164 valence electrons. The fourth-order valence-electron chi connectivity index (χ4n) is 4.55. The summed E-state index contributed by atoms with van der Waals surface area (Å²) in [4.78, 5) is 29.8. The minimum Gasteiger partial charge on any atom is -0.331 e. The predicted molar refractivity (Wildman–Crippen MR) is 111 cm³/mol. The summed E-state index contributed by atoms with van der Waals surface area (Å²) >= 11 is 0. The molecule has 2 amide bonds. The van der Waals surface area contributed by atoms with Crippen LogP contribution in [-0.2, 0) is 28.4 Å². The lowest BCUT2D eigenvalue weighted by Gasteiger charge is -2.29. The second kappa shape index (κ2) is 8.23. The zero-order valence-electron chi connectivity index (χ0n) is 17.7. The summed E-state index contributed by atoms with van der Waals surface area (Å²) < 4.78 is 27.1. The zero-order chi connectivity index (χ0) is 21.0.